The minimum atomic E-state index is -0.260. The average molecular weight is 456 g/mol. The van der Waals surface area contributed by atoms with Crippen LogP contribution in [0.3, 0.4) is 0 Å². The highest BCUT2D eigenvalue weighted by atomic mass is 35.5. The fourth-order valence-electron chi connectivity index (χ4n) is 4.34. The third-order valence-corrected chi connectivity index (χ3v) is 6.39. The van der Waals surface area contributed by atoms with Crippen molar-refractivity contribution >= 4 is 35.1 Å². The van der Waals surface area contributed by atoms with Crippen molar-refractivity contribution in [2.24, 2.45) is 5.10 Å². The minimum Gasteiger partial charge on any atom is -0.496 e. The summed E-state index contributed by atoms with van der Waals surface area (Å²) in [5, 5.41) is 8.86. The van der Waals surface area contributed by atoms with E-state index in [4.69, 9.17) is 16.3 Å². The van der Waals surface area contributed by atoms with Gasteiger partial charge in [-0.3, -0.25) is 14.7 Å². The summed E-state index contributed by atoms with van der Waals surface area (Å²) < 4.78 is 5.52. The Morgan fingerprint density at radius 1 is 1.19 bits per heavy atom. The molecule has 170 valence electrons. The molecule has 4 rings (SSSR count). The fraction of sp³-hybridized carbons (Fsp3) is 0.417. The molecule has 0 bridgehead atoms. The summed E-state index contributed by atoms with van der Waals surface area (Å²) in [5.74, 6) is 0.701. The number of aryl methyl sites for hydroxylation is 1. The van der Waals surface area contributed by atoms with E-state index in [1.807, 2.05) is 30.3 Å². The van der Waals surface area contributed by atoms with Crippen molar-refractivity contribution in [1.82, 2.24) is 9.91 Å². The number of ether oxygens (including phenoxy) is 1. The number of benzene rings is 2. The number of nitrogens with zero attached hydrogens (tertiary/aromatic N) is 4. The number of halogens is 1. The molecule has 1 N–H and O–H groups in total. The molecule has 2 aliphatic heterocycles. The van der Waals surface area contributed by atoms with Gasteiger partial charge in [0.05, 0.1) is 25.1 Å². The predicted octanol–water partition coefficient (Wildman–Crippen LogP) is 3.34. The van der Waals surface area contributed by atoms with Gasteiger partial charge in [0.15, 0.2) is 0 Å². The Labute approximate surface area is 194 Å². The second kappa shape index (κ2) is 9.79. The molecule has 0 radical (unpaired) electrons. The molecule has 0 saturated carbocycles. The van der Waals surface area contributed by atoms with Crippen LogP contribution in [0.2, 0.25) is 0 Å². The predicted molar refractivity (Wildman–Crippen MR) is 130 cm³/mol. The number of nitrogens with one attached hydrogen (secondary N) is 1. The maximum absolute atomic E-state index is 12.7. The topological polar surface area (TPSA) is 60.4 Å². The second-order valence-electron chi connectivity index (χ2n) is 8.33. The van der Waals surface area contributed by atoms with Crippen LogP contribution in [0.1, 0.15) is 17.2 Å². The van der Waals surface area contributed by atoms with E-state index in [2.05, 4.69) is 51.4 Å². The lowest BCUT2D eigenvalue weighted by Gasteiger charge is -2.35. The normalized spacial score (nSPS) is 21.1. The average Bonchev–Trinajstić information content (AvgIpc) is 3.12. The molecule has 2 heterocycles. The molecule has 2 atom stereocenters. The Kier molecular flexibility index (Phi) is 6.86. The third-order valence-electron chi connectivity index (χ3n) is 6.03. The van der Waals surface area contributed by atoms with Gasteiger partial charge in [-0.15, -0.1) is 11.6 Å². The van der Waals surface area contributed by atoms with E-state index >= 15 is 0 Å². The number of hydrazone groups is 1. The highest BCUT2D eigenvalue weighted by molar-refractivity contribution is 6.29. The number of rotatable bonds is 6. The van der Waals surface area contributed by atoms with Crippen molar-refractivity contribution in [1.29, 1.82) is 0 Å². The highest BCUT2D eigenvalue weighted by Gasteiger charge is 2.31. The summed E-state index contributed by atoms with van der Waals surface area (Å²) in [4.78, 5) is 17.3. The molecule has 0 spiro atoms. The van der Waals surface area contributed by atoms with Gasteiger partial charge in [-0.05, 0) is 42.8 Å². The highest BCUT2D eigenvalue weighted by Crippen LogP contribution is 2.37. The Balaban J connectivity index is 1.35. The molecule has 2 aromatic carbocycles. The first-order valence-electron chi connectivity index (χ1n) is 10.9. The lowest BCUT2D eigenvalue weighted by molar-refractivity contribution is -0.117. The smallest absolute Gasteiger partial charge is 0.238 e. The summed E-state index contributed by atoms with van der Waals surface area (Å²) in [6.45, 7) is 6.01. The summed E-state index contributed by atoms with van der Waals surface area (Å²) in [6.07, 6.45) is 1.72. The number of anilines is 2. The maximum atomic E-state index is 12.7. The molecule has 0 aliphatic carbocycles. The minimum absolute atomic E-state index is 0.0245. The van der Waals surface area contributed by atoms with Crippen molar-refractivity contribution in [3.8, 4) is 5.75 Å². The van der Waals surface area contributed by atoms with E-state index in [1.165, 1.54) is 11.3 Å². The summed E-state index contributed by atoms with van der Waals surface area (Å²) in [5.41, 5.74) is 4.14. The van der Waals surface area contributed by atoms with Gasteiger partial charge in [0, 0.05) is 56.4 Å². The van der Waals surface area contributed by atoms with Gasteiger partial charge in [-0.2, -0.15) is 5.10 Å². The number of alkyl halides is 1. The molecule has 2 aliphatic rings. The zero-order valence-corrected chi connectivity index (χ0v) is 19.5. The Bertz CT molecular complexity index is 978. The van der Waals surface area contributed by atoms with Crippen LogP contribution in [-0.2, 0) is 4.79 Å². The van der Waals surface area contributed by atoms with Crippen LogP contribution in [0.4, 0.5) is 11.4 Å². The number of hydrogen-bond donors (Lipinski definition) is 1. The van der Waals surface area contributed by atoms with Crippen LogP contribution in [0, 0.1) is 6.92 Å². The van der Waals surface area contributed by atoms with Crippen molar-refractivity contribution in [2.45, 2.75) is 18.3 Å². The first-order chi connectivity index (χ1) is 15.4. The van der Waals surface area contributed by atoms with E-state index in [0.717, 1.165) is 43.2 Å². The van der Waals surface area contributed by atoms with Crippen LogP contribution >= 0.6 is 11.6 Å². The monoisotopic (exact) mass is 455 g/mol. The van der Waals surface area contributed by atoms with Crippen LogP contribution in [0.5, 0.6) is 5.75 Å². The number of amides is 1. The fourth-order valence-corrected chi connectivity index (χ4v) is 4.69. The van der Waals surface area contributed by atoms with E-state index in [9.17, 15) is 4.79 Å². The number of carbonyl (C=O) groups excluding carboxylic acids is 1. The largest absolute Gasteiger partial charge is 0.496 e. The van der Waals surface area contributed by atoms with E-state index in [0.29, 0.717) is 6.54 Å². The van der Waals surface area contributed by atoms with Gasteiger partial charge >= 0.3 is 0 Å². The molecule has 1 amide bonds. The molecular formula is C24H30ClN5O2. The first-order valence-corrected chi connectivity index (χ1v) is 11.3. The van der Waals surface area contributed by atoms with E-state index < -0.39 is 0 Å². The number of hydrogen-bond acceptors (Lipinski definition) is 6. The van der Waals surface area contributed by atoms with Crippen molar-refractivity contribution < 1.29 is 9.53 Å². The van der Waals surface area contributed by atoms with Gasteiger partial charge in [0.1, 0.15) is 5.75 Å². The SMILES string of the molecule is COc1ccc(NC(=O)CN2CCN(c3cccc(C)c3)CC2)cc1C1C(Cl)C=NN1C. The molecule has 7 nitrogen and oxygen atoms in total. The summed E-state index contributed by atoms with van der Waals surface area (Å²) >= 11 is 6.44. The Morgan fingerprint density at radius 2 is 1.97 bits per heavy atom. The number of carbonyl (C=O) groups is 1. The Hall–Kier alpha value is -2.77. The first kappa shape index (κ1) is 22.4. The molecule has 2 aromatic rings. The lowest BCUT2D eigenvalue weighted by atomic mass is 10.0. The third kappa shape index (κ3) is 5.00. The second-order valence-corrected chi connectivity index (χ2v) is 8.84. The van der Waals surface area contributed by atoms with Crippen LogP contribution in [-0.4, -0.2) is 74.3 Å². The summed E-state index contributed by atoms with van der Waals surface area (Å²) in [6, 6.07) is 14.1. The quantitative estimate of drug-likeness (QED) is 0.677. The number of piperazine rings is 1. The zero-order chi connectivity index (χ0) is 22.7. The molecule has 0 aromatic heterocycles. The van der Waals surface area contributed by atoms with Crippen LogP contribution in [0.25, 0.3) is 0 Å². The van der Waals surface area contributed by atoms with Crippen molar-refractivity contribution in [3.05, 3.63) is 53.6 Å². The summed E-state index contributed by atoms with van der Waals surface area (Å²) in [7, 11) is 3.51. The van der Waals surface area contributed by atoms with Gasteiger partial charge in [0.25, 0.3) is 0 Å². The molecule has 2 unspecified atom stereocenters. The Morgan fingerprint density at radius 3 is 2.62 bits per heavy atom. The van der Waals surface area contributed by atoms with Crippen LogP contribution in [0.15, 0.2) is 47.6 Å². The van der Waals surface area contributed by atoms with Gasteiger partial charge in [0.2, 0.25) is 5.91 Å². The molecule has 32 heavy (non-hydrogen) atoms. The maximum Gasteiger partial charge on any atom is 0.238 e. The van der Waals surface area contributed by atoms with Gasteiger partial charge in [-0.25, -0.2) is 0 Å². The molecular weight excluding hydrogens is 426 g/mol. The van der Waals surface area contributed by atoms with E-state index in [1.54, 1.807) is 13.3 Å². The van der Waals surface area contributed by atoms with Crippen molar-refractivity contribution in [2.75, 3.05) is 57.1 Å². The standard InChI is InChI=1S/C24H30ClN5O2/c1-17-5-4-6-19(13-17)30-11-9-29(10-12-30)16-23(31)27-18-7-8-22(32-3)20(14-18)24-21(25)15-26-28(24)2/h4-8,13-15,21,24H,9-12,16H2,1-3H3,(H,27,31). The van der Waals surface area contributed by atoms with Gasteiger partial charge in [-0.1, -0.05) is 12.1 Å². The molecule has 8 heteroatoms. The van der Waals surface area contributed by atoms with Gasteiger partial charge < -0.3 is 15.0 Å². The molecule has 1 saturated heterocycles. The zero-order valence-electron chi connectivity index (χ0n) is 18.8. The number of methoxy groups -OCH3 is 1. The van der Waals surface area contributed by atoms with Crippen LogP contribution < -0.4 is 15.0 Å². The lowest BCUT2D eigenvalue weighted by Crippen LogP contribution is -2.48. The van der Waals surface area contributed by atoms with Crippen molar-refractivity contribution in [3.63, 3.8) is 0 Å². The van der Waals surface area contributed by atoms with E-state index in [-0.39, 0.29) is 17.3 Å². The molecule has 1 fully saturated rings.